The van der Waals surface area contributed by atoms with E-state index in [4.69, 9.17) is 4.74 Å². The minimum absolute atomic E-state index is 0.0676. The molecule has 1 saturated carbocycles. The molecule has 3 rings (SSSR count). The Labute approximate surface area is 119 Å². The van der Waals surface area contributed by atoms with Crippen molar-refractivity contribution in [2.45, 2.75) is 38.3 Å². The first-order chi connectivity index (χ1) is 9.31. The average Bonchev–Trinajstić information content (AvgIpc) is 3.18. The zero-order valence-electron chi connectivity index (χ0n) is 11.4. The molecule has 1 saturated heterocycles. The predicted molar refractivity (Wildman–Crippen MR) is 77.3 cm³/mol. The fraction of sp³-hybridized carbons (Fsp3) is 0.733. The molecule has 0 spiro atoms. The van der Waals surface area contributed by atoms with Crippen LogP contribution in [0.3, 0.4) is 0 Å². The summed E-state index contributed by atoms with van der Waals surface area (Å²) < 4.78 is 5.46. The van der Waals surface area contributed by atoms with Crippen molar-refractivity contribution in [1.29, 1.82) is 0 Å². The largest absolute Gasteiger partial charge is 0.396 e. The minimum atomic E-state index is 0.0676. The van der Waals surface area contributed by atoms with E-state index in [-0.39, 0.29) is 5.41 Å². The number of rotatable bonds is 6. The van der Waals surface area contributed by atoms with E-state index in [1.807, 2.05) is 11.3 Å². The summed E-state index contributed by atoms with van der Waals surface area (Å²) in [5, 5.41) is 12.0. The van der Waals surface area contributed by atoms with Crippen LogP contribution in [0.25, 0.3) is 0 Å². The van der Waals surface area contributed by atoms with E-state index in [0.717, 1.165) is 45.2 Å². The molecular formula is C15H23NO2S. The number of ether oxygens (including phenoxy) is 1. The lowest BCUT2D eigenvalue weighted by Gasteiger charge is -2.39. The lowest BCUT2D eigenvalue weighted by atomic mass is 9.80. The maximum Gasteiger partial charge on any atom is 0.0501 e. The van der Waals surface area contributed by atoms with Crippen LogP contribution in [0, 0.1) is 5.41 Å². The monoisotopic (exact) mass is 281 g/mol. The fourth-order valence-electron chi connectivity index (χ4n) is 2.96. The van der Waals surface area contributed by atoms with Crippen LogP contribution in [0.1, 0.15) is 30.6 Å². The van der Waals surface area contributed by atoms with E-state index >= 15 is 0 Å². The van der Waals surface area contributed by atoms with Crippen molar-refractivity contribution in [2.24, 2.45) is 5.41 Å². The molecule has 3 nitrogen and oxygen atoms in total. The highest BCUT2D eigenvalue weighted by atomic mass is 32.1. The van der Waals surface area contributed by atoms with Crippen molar-refractivity contribution in [3.05, 3.63) is 22.4 Å². The molecule has 4 heteroatoms. The number of hydrogen-bond acceptors (Lipinski definition) is 4. The van der Waals surface area contributed by atoms with Crippen molar-refractivity contribution in [3.8, 4) is 0 Å². The molecule has 1 aliphatic carbocycles. The highest BCUT2D eigenvalue weighted by Gasteiger charge is 2.38. The van der Waals surface area contributed by atoms with Crippen molar-refractivity contribution in [1.82, 2.24) is 4.90 Å². The molecule has 106 valence electrons. The molecule has 1 aromatic rings. The Balaban J connectivity index is 1.66. The van der Waals surface area contributed by atoms with Gasteiger partial charge in [-0.05, 0) is 37.1 Å². The Morgan fingerprint density at radius 3 is 2.74 bits per heavy atom. The first kappa shape index (κ1) is 13.6. The maximum absolute atomic E-state index is 9.84. The van der Waals surface area contributed by atoms with Crippen LogP contribution in [0.2, 0.25) is 0 Å². The molecule has 0 unspecified atom stereocenters. The summed E-state index contributed by atoms with van der Waals surface area (Å²) in [5.74, 6) is 0. The van der Waals surface area contributed by atoms with Crippen LogP contribution < -0.4 is 0 Å². The Kier molecular flexibility index (Phi) is 4.22. The highest BCUT2D eigenvalue weighted by molar-refractivity contribution is 7.09. The second-order valence-electron chi connectivity index (χ2n) is 5.99. The summed E-state index contributed by atoms with van der Waals surface area (Å²) >= 11 is 1.84. The Morgan fingerprint density at radius 2 is 2.16 bits per heavy atom. The normalized spacial score (nSPS) is 22.8. The molecule has 0 amide bonds. The van der Waals surface area contributed by atoms with Gasteiger partial charge in [0.2, 0.25) is 0 Å². The summed E-state index contributed by atoms with van der Waals surface area (Å²) in [7, 11) is 0. The standard InChI is InChI=1S/C15H23NO2S/c17-12-15(5-7-18-8-6-15)11-16(13-3-4-13)10-14-2-1-9-19-14/h1-2,9,13,17H,3-8,10-12H2. The molecule has 1 aliphatic heterocycles. The van der Waals surface area contributed by atoms with E-state index < -0.39 is 0 Å². The molecule has 2 aliphatic rings. The van der Waals surface area contributed by atoms with Gasteiger partial charge in [-0.15, -0.1) is 11.3 Å². The summed E-state index contributed by atoms with van der Waals surface area (Å²) in [6, 6.07) is 5.09. The molecule has 1 aromatic heterocycles. The predicted octanol–water partition coefficient (Wildman–Crippen LogP) is 2.50. The van der Waals surface area contributed by atoms with Gasteiger partial charge in [0, 0.05) is 42.6 Å². The Morgan fingerprint density at radius 1 is 1.37 bits per heavy atom. The molecule has 0 aromatic carbocycles. The third kappa shape index (κ3) is 3.37. The van der Waals surface area contributed by atoms with Gasteiger partial charge in [0.25, 0.3) is 0 Å². The summed E-state index contributed by atoms with van der Waals surface area (Å²) in [6.07, 6.45) is 4.64. The van der Waals surface area contributed by atoms with E-state index in [1.165, 1.54) is 17.7 Å². The number of aliphatic hydroxyl groups excluding tert-OH is 1. The Hall–Kier alpha value is -0.420. The lowest BCUT2D eigenvalue weighted by Crippen LogP contribution is -2.44. The zero-order valence-corrected chi connectivity index (χ0v) is 12.2. The second-order valence-corrected chi connectivity index (χ2v) is 7.02. The van der Waals surface area contributed by atoms with Crippen molar-refractivity contribution < 1.29 is 9.84 Å². The molecule has 19 heavy (non-hydrogen) atoms. The van der Waals surface area contributed by atoms with Gasteiger partial charge in [0.15, 0.2) is 0 Å². The number of thiophene rings is 1. The molecule has 1 N–H and O–H groups in total. The lowest BCUT2D eigenvalue weighted by molar-refractivity contribution is -0.0367. The third-order valence-corrected chi connectivity index (χ3v) is 5.29. The number of aliphatic hydroxyl groups is 1. The van der Waals surface area contributed by atoms with Gasteiger partial charge in [-0.3, -0.25) is 4.90 Å². The molecule has 2 fully saturated rings. The van der Waals surface area contributed by atoms with Crippen LogP contribution in [0.4, 0.5) is 0 Å². The minimum Gasteiger partial charge on any atom is -0.396 e. The van der Waals surface area contributed by atoms with Crippen molar-refractivity contribution in [3.63, 3.8) is 0 Å². The van der Waals surface area contributed by atoms with Gasteiger partial charge in [-0.1, -0.05) is 6.07 Å². The van der Waals surface area contributed by atoms with Gasteiger partial charge in [0.1, 0.15) is 0 Å². The molecular weight excluding hydrogens is 258 g/mol. The van der Waals surface area contributed by atoms with Gasteiger partial charge in [-0.25, -0.2) is 0 Å². The number of nitrogens with zero attached hydrogens (tertiary/aromatic N) is 1. The van der Waals surface area contributed by atoms with Crippen molar-refractivity contribution in [2.75, 3.05) is 26.4 Å². The van der Waals surface area contributed by atoms with Gasteiger partial charge < -0.3 is 9.84 Å². The van der Waals surface area contributed by atoms with Crippen LogP contribution in [-0.4, -0.2) is 42.4 Å². The maximum atomic E-state index is 9.84. The van der Waals surface area contributed by atoms with Crippen LogP contribution in [0.15, 0.2) is 17.5 Å². The zero-order chi connectivity index (χ0) is 13.1. The second kappa shape index (κ2) is 5.92. The fourth-order valence-corrected chi connectivity index (χ4v) is 3.69. The summed E-state index contributed by atoms with van der Waals surface area (Å²) in [4.78, 5) is 4.03. The first-order valence-electron chi connectivity index (χ1n) is 7.26. The van der Waals surface area contributed by atoms with Crippen LogP contribution >= 0.6 is 11.3 Å². The van der Waals surface area contributed by atoms with E-state index in [2.05, 4.69) is 22.4 Å². The highest BCUT2D eigenvalue weighted by Crippen LogP contribution is 2.36. The summed E-state index contributed by atoms with van der Waals surface area (Å²) in [5.41, 5.74) is 0.0676. The van der Waals surface area contributed by atoms with Gasteiger partial charge >= 0.3 is 0 Å². The molecule has 0 bridgehead atoms. The van der Waals surface area contributed by atoms with Crippen LogP contribution in [-0.2, 0) is 11.3 Å². The quantitative estimate of drug-likeness (QED) is 0.869. The van der Waals surface area contributed by atoms with Crippen LogP contribution in [0.5, 0.6) is 0 Å². The first-order valence-corrected chi connectivity index (χ1v) is 8.14. The smallest absolute Gasteiger partial charge is 0.0501 e. The molecule has 0 atom stereocenters. The van der Waals surface area contributed by atoms with E-state index in [1.54, 1.807) is 0 Å². The SMILES string of the molecule is OCC1(CN(Cc2cccs2)C2CC2)CCOCC1. The third-order valence-electron chi connectivity index (χ3n) is 4.43. The van der Waals surface area contributed by atoms with Gasteiger partial charge in [-0.2, -0.15) is 0 Å². The summed E-state index contributed by atoms with van der Waals surface area (Å²) in [6.45, 7) is 3.97. The topological polar surface area (TPSA) is 32.7 Å². The molecule has 0 radical (unpaired) electrons. The Bertz CT molecular complexity index is 383. The average molecular weight is 281 g/mol. The van der Waals surface area contributed by atoms with E-state index in [0.29, 0.717) is 6.61 Å². The van der Waals surface area contributed by atoms with Gasteiger partial charge in [0.05, 0.1) is 6.61 Å². The van der Waals surface area contributed by atoms with E-state index in [9.17, 15) is 5.11 Å². The molecule has 2 heterocycles. The number of hydrogen-bond donors (Lipinski definition) is 1. The van der Waals surface area contributed by atoms with Crippen molar-refractivity contribution >= 4 is 11.3 Å².